The van der Waals surface area contributed by atoms with Gasteiger partial charge >= 0.3 is 5.97 Å². The van der Waals surface area contributed by atoms with Gasteiger partial charge in [0.2, 0.25) is 0 Å². The largest absolute Gasteiger partial charge is 0.465 e. The normalized spacial score (nSPS) is 11.1. The highest BCUT2D eigenvalue weighted by molar-refractivity contribution is 8.13. The molecule has 0 aliphatic heterocycles. The van der Waals surface area contributed by atoms with Crippen molar-refractivity contribution in [3.05, 3.63) is 47.0 Å². The maximum Gasteiger partial charge on any atom is 0.316 e. The SMILES string of the molecule is CCOC(=O)CSc1[nH]c(/N=C(/NC(=O)c2ccccc2)SC)c(C(N)=O)c1C(N)=O. The van der Waals surface area contributed by atoms with Gasteiger partial charge in [-0.25, -0.2) is 4.99 Å². The number of nitrogens with one attached hydrogen (secondary N) is 2. The van der Waals surface area contributed by atoms with Crippen LogP contribution in [0.1, 0.15) is 38.0 Å². The highest BCUT2D eigenvalue weighted by Gasteiger charge is 2.26. The molecule has 31 heavy (non-hydrogen) atoms. The summed E-state index contributed by atoms with van der Waals surface area (Å²) in [6.45, 7) is 1.87. The summed E-state index contributed by atoms with van der Waals surface area (Å²) in [6.07, 6.45) is 1.67. The Balaban J connectivity index is 2.41. The van der Waals surface area contributed by atoms with Crippen molar-refractivity contribution in [2.75, 3.05) is 18.6 Å². The number of ether oxygens (including phenoxy) is 1. The summed E-state index contributed by atoms with van der Waals surface area (Å²) in [5, 5.41) is 2.92. The highest BCUT2D eigenvalue weighted by atomic mass is 32.2. The number of amidine groups is 1. The van der Waals surface area contributed by atoms with Crippen molar-refractivity contribution in [1.82, 2.24) is 10.3 Å². The lowest BCUT2D eigenvalue weighted by Gasteiger charge is -2.06. The third-order valence-corrected chi connectivity index (χ3v) is 5.30. The quantitative estimate of drug-likeness (QED) is 0.199. The molecule has 6 N–H and O–H groups in total. The van der Waals surface area contributed by atoms with Crippen molar-refractivity contribution < 1.29 is 23.9 Å². The fraction of sp³-hybridized carbons (Fsp3) is 0.211. The number of carbonyl (C=O) groups excluding carboxylic acids is 4. The van der Waals surface area contributed by atoms with Gasteiger partial charge in [0.25, 0.3) is 17.7 Å². The second-order valence-electron chi connectivity index (χ2n) is 5.82. The number of nitrogens with zero attached hydrogens (tertiary/aromatic N) is 1. The summed E-state index contributed by atoms with van der Waals surface area (Å²) in [6, 6.07) is 8.47. The molecule has 0 atom stereocenters. The number of carbonyl (C=O) groups is 4. The molecule has 0 spiro atoms. The van der Waals surface area contributed by atoms with Gasteiger partial charge < -0.3 is 26.5 Å². The van der Waals surface area contributed by atoms with Crippen molar-refractivity contribution in [3.63, 3.8) is 0 Å². The van der Waals surface area contributed by atoms with Crippen LogP contribution in [0.25, 0.3) is 0 Å². The Morgan fingerprint density at radius 1 is 1.10 bits per heavy atom. The zero-order valence-corrected chi connectivity index (χ0v) is 18.4. The molecule has 2 aromatic rings. The van der Waals surface area contributed by atoms with E-state index in [1.165, 1.54) is 0 Å². The van der Waals surface area contributed by atoms with Gasteiger partial charge in [0.1, 0.15) is 5.82 Å². The second-order valence-corrected chi connectivity index (χ2v) is 7.60. The maximum absolute atomic E-state index is 12.4. The Labute approximate surface area is 186 Å². The summed E-state index contributed by atoms with van der Waals surface area (Å²) >= 11 is 2.02. The molecule has 0 radical (unpaired) electrons. The number of primary amides is 2. The Morgan fingerprint density at radius 3 is 2.29 bits per heavy atom. The van der Waals surface area contributed by atoms with Crippen LogP contribution >= 0.6 is 23.5 Å². The van der Waals surface area contributed by atoms with E-state index >= 15 is 0 Å². The summed E-state index contributed by atoms with van der Waals surface area (Å²) in [4.78, 5) is 55.1. The monoisotopic (exact) mass is 463 g/mol. The second kappa shape index (κ2) is 11.2. The summed E-state index contributed by atoms with van der Waals surface area (Å²) in [7, 11) is 0. The van der Waals surface area contributed by atoms with E-state index in [0.717, 1.165) is 23.5 Å². The third-order valence-electron chi connectivity index (χ3n) is 3.74. The number of nitrogens with two attached hydrogens (primary N) is 2. The highest BCUT2D eigenvalue weighted by Crippen LogP contribution is 2.32. The Kier molecular flexibility index (Phi) is 8.70. The lowest BCUT2D eigenvalue weighted by Crippen LogP contribution is -2.28. The maximum atomic E-state index is 12.4. The van der Waals surface area contributed by atoms with Crippen molar-refractivity contribution in [3.8, 4) is 0 Å². The van der Waals surface area contributed by atoms with E-state index in [0.29, 0.717) is 5.56 Å². The molecule has 0 unspecified atom stereocenters. The zero-order valence-electron chi connectivity index (χ0n) is 16.8. The number of aromatic nitrogens is 1. The number of hydrogen-bond acceptors (Lipinski definition) is 8. The predicted octanol–water partition coefficient (Wildman–Crippen LogP) is 1.65. The molecule has 1 aromatic heterocycles. The number of H-pyrrole nitrogens is 1. The molecule has 0 saturated heterocycles. The minimum Gasteiger partial charge on any atom is -0.465 e. The van der Waals surface area contributed by atoms with E-state index in [1.54, 1.807) is 43.5 Å². The van der Waals surface area contributed by atoms with E-state index in [9.17, 15) is 19.2 Å². The molecule has 0 bridgehead atoms. The average molecular weight is 464 g/mol. The number of hydrogen-bond donors (Lipinski definition) is 4. The van der Waals surface area contributed by atoms with Gasteiger partial charge in [-0.1, -0.05) is 41.7 Å². The van der Waals surface area contributed by atoms with E-state index in [2.05, 4.69) is 15.3 Å². The Bertz CT molecular complexity index is 1020. The molecule has 0 fully saturated rings. The molecule has 2 rings (SSSR count). The lowest BCUT2D eigenvalue weighted by molar-refractivity contribution is -0.139. The van der Waals surface area contributed by atoms with E-state index in [1.807, 2.05) is 0 Å². The first-order valence-corrected chi connectivity index (χ1v) is 11.1. The fourth-order valence-corrected chi connectivity index (χ4v) is 3.69. The van der Waals surface area contributed by atoms with Crippen LogP contribution in [0.5, 0.6) is 0 Å². The predicted molar refractivity (Wildman–Crippen MR) is 120 cm³/mol. The minimum absolute atomic E-state index is 0.0645. The average Bonchev–Trinajstić information content (AvgIpc) is 3.11. The number of aromatic amines is 1. The first-order valence-electron chi connectivity index (χ1n) is 8.91. The molecular formula is C19H21N5O5S2. The molecule has 12 heteroatoms. The fourth-order valence-electron chi connectivity index (χ4n) is 2.45. The van der Waals surface area contributed by atoms with Crippen LogP contribution in [0.15, 0.2) is 40.4 Å². The topological polar surface area (TPSA) is 170 Å². The molecule has 0 aliphatic carbocycles. The van der Waals surface area contributed by atoms with Crippen molar-refractivity contribution in [2.45, 2.75) is 11.9 Å². The Hall–Kier alpha value is -3.25. The van der Waals surface area contributed by atoms with Crippen molar-refractivity contribution >= 4 is 58.2 Å². The van der Waals surface area contributed by atoms with Crippen molar-refractivity contribution in [2.24, 2.45) is 16.5 Å². The molecule has 1 heterocycles. The van der Waals surface area contributed by atoms with Crippen LogP contribution in [0, 0.1) is 0 Å². The number of rotatable bonds is 8. The van der Waals surface area contributed by atoms with Crippen LogP contribution in [0.2, 0.25) is 0 Å². The van der Waals surface area contributed by atoms with Crippen LogP contribution in [0.3, 0.4) is 0 Å². The lowest BCUT2D eigenvalue weighted by atomic mass is 10.1. The van der Waals surface area contributed by atoms with Crippen LogP contribution in [-0.4, -0.2) is 52.5 Å². The first-order chi connectivity index (χ1) is 14.8. The number of benzene rings is 1. The minimum atomic E-state index is -0.943. The standard InChI is InChI=1S/C19H21N5O5S2/c1-3-29-11(25)9-31-18-13(15(21)27)12(14(20)26)16(22-18)23-19(30-2)24-17(28)10-7-5-4-6-8-10/h4-8,22H,3,9H2,1-2H3,(H2,20,26)(H2,21,27)(H,23,24,28). The van der Waals surface area contributed by atoms with Gasteiger partial charge in [-0.15, -0.1) is 0 Å². The van der Waals surface area contributed by atoms with Crippen molar-refractivity contribution in [1.29, 1.82) is 0 Å². The third kappa shape index (κ3) is 6.36. The zero-order chi connectivity index (χ0) is 23.0. The smallest absolute Gasteiger partial charge is 0.316 e. The Morgan fingerprint density at radius 2 is 1.74 bits per heavy atom. The number of aliphatic imine (C=N–C) groups is 1. The summed E-state index contributed by atoms with van der Waals surface area (Å²) in [5.41, 5.74) is 10.9. The molecule has 10 nitrogen and oxygen atoms in total. The van der Waals surface area contributed by atoms with Crippen LogP contribution in [0.4, 0.5) is 5.82 Å². The van der Waals surface area contributed by atoms with Gasteiger partial charge in [0.05, 0.1) is 28.5 Å². The van der Waals surface area contributed by atoms with Crippen LogP contribution in [-0.2, 0) is 9.53 Å². The molecule has 3 amide bonds. The first kappa shape index (κ1) is 24.0. The van der Waals surface area contributed by atoms with Gasteiger partial charge in [-0.3, -0.25) is 19.2 Å². The van der Waals surface area contributed by atoms with Gasteiger partial charge in [-0.05, 0) is 25.3 Å². The van der Waals surface area contributed by atoms with Gasteiger partial charge in [0, 0.05) is 5.56 Å². The summed E-state index contributed by atoms with van der Waals surface area (Å²) in [5.74, 6) is -2.98. The molecule has 1 aromatic carbocycles. The number of amides is 3. The number of esters is 1. The molecule has 0 aliphatic rings. The van der Waals surface area contributed by atoms with E-state index in [4.69, 9.17) is 16.2 Å². The summed E-state index contributed by atoms with van der Waals surface area (Å²) < 4.78 is 4.86. The molecule has 164 valence electrons. The molecule has 0 saturated carbocycles. The van der Waals surface area contributed by atoms with E-state index < -0.39 is 23.7 Å². The van der Waals surface area contributed by atoms with Gasteiger partial charge in [0.15, 0.2) is 5.17 Å². The van der Waals surface area contributed by atoms with Crippen LogP contribution < -0.4 is 16.8 Å². The van der Waals surface area contributed by atoms with E-state index in [-0.39, 0.29) is 39.5 Å². The molecular weight excluding hydrogens is 442 g/mol. The van der Waals surface area contributed by atoms with Gasteiger partial charge in [-0.2, -0.15) is 0 Å². The number of thioether (sulfide) groups is 2.